The number of β-amino-alcohol motifs (C(OH)–C–C–N with tert-alkyl or cyclic N) is 1. The Morgan fingerprint density at radius 1 is 0.706 bits per heavy atom. The quantitative estimate of drug-likeness (QED) is 0.0109. The zero-order valence-electron chi connectivity index (χ0n) is 47.6. The number of carbonyl (C=O) groups excluding carboxylic acids is 10. The number of primary amides is 2. The summed E-state index contributed by atoms with van der Waals surface area (Å²) < 4.78 is 0. The maximum atomic E-state index is 14.1. The second-order valence-corrected chi connectivity index (χ2v) is 21.1. The SMILES string of the molecule is CNC(=N)NCCC[C@H](NC(=O)[C@H](CC(C)C)NC(=O)NNC(=O)[C@H](Cc1ccccc1)NC(=O)[C@@H](NC(=O)[C@H](CC(N)=O)NC(=O)[C@@H]1C[C@@H](O)CN1C(=O)[C@@H](N)Cc1ccc(O)cc1)[C@@H](C)O)C(=O)N[C@@H](Cc1c[nH]c2ccccc12)C(N)=O. The highest BCUT2D eigenvalue weighted by molar-refractivity contribution is 5.99. The minimum Gasteiger partial charge on any atom is -0.508 e. The van der Waals surface area contributed by atoms with Gasteiger partial charge in [0.1, 0.15) is 48.0 Å². The number of nitrogens with two attached hydrogens (primary N) is 3. The Bertz CT molecular complexity index is 3000. The van der Waals surface area contributed by atoms with E-state index in [-0.39, 0.29) is 75.7 Å². The minimum atomic E-state index is -1.87. The second kappa shape index (κ2) is 31.9. The molecule has 0 aliphatic carbocycles. The van der Waals surface area contributed by atoms with Gasteiger partial charge >= 0.3 is 6.03 Å². The van der Waals surface area contributed by atoms with Gasteiger partial charge in [0.05, 0.1) is 24.7 Å². The van der Waals surface area contributed by atoms with Gasteiger partial charge in [-0.1, -0.05) is 74.5 Å². The third-order valence-corrected chi connectivity index (χ3v) is 13.8. The van der Waals surface area contributed by atoms with Gasteiger partial charge in [-0.2, -0.15) is 0 Å². The van der Waals surface area contributed by atoms with Crippen molar-refractivity contribution in [2.45, 2.75) is 133 Å². The molecule has 0 unspecified atom stereocenters. The van der Waals surface area contributed by atoms with Crippen molar-refractivity contribution in [2.24, 2.45) is 23.1 Å². The largest absolute Gasteiger partial charge is 0.508 e. The maximum absolute atomic E-state index is 14.1. The minimum absolute atomic E-state index is 0.00348. The van der Waals surface area contributed by atoms with E-state index in [1.165, 1.54) is 12.1 Å². The molecule has 2 heterocycles. The molecule has 1 fully saturated rings. The number of carbonyl (C=O) groups is 10. The van der Waals surface area contributed by atoms with E-state index >= 15 is 0 Å². The van der Waals surface area contributed by atoms with Crippen LogP contribution >= 0.6 is 0 Å². The van der Waals surface area contributed by atoms with Crippen LogP contribution in [0.5, 0.6) is 5.75 Å². The predicted molar refractivity (Wildman–Crippen MR) is 309 cm³/mol. The first-order valence-electron chi connectivity index (χ1n) is 27.6. The van der Waals surface area contributed by atoms with E-state index in [2.05, 4.69) is 58.4 Å². The Labute approximate surface area is 490 Å². The number of fused-ring (bicyclic) bond motifs is 1. The molecule has 1 saturated heterocycles. The number of H-pyrrole nitrogens is 1. The molecule has 4 aromatic rings. The van der Waals surface area contributed by atoms with E-state index in [1.807, 2.05) is 24.3 Å². The second-order valence-electron chi connectivity index (χ2n) is 21.1. The summed E-state index contributed by atoms with van der Waals surface area (Å²) in [5.41, 5.74) is 24.4. The molecule has 3 aromatic carbocycles. The summed E-state index contributed by atoms with van der Waals surface area (Å²) in [6.07, 6.45) is -2.20. The number of para-hydroxylation sites is 1. The number of nitrogens with one attached hydrogen (secondary N) is 12. The van der Waals surface area contributed by atoms with Crippen molar-refractivity contribution in [3.8, 4) is 5.75 Å². The Kier molecular flexibility index (Phi) is 24.9. The summed E-state index contributed by atoms with van der Waals surface area (Å²) in [5, 5.41) is 60.1. The fourth-order valence-electron chi connectivity index (χ4n) is 9.42. The monoisotopic (exact) mass is 1180 g/mol. The highest BCUT2D eigenvalue weighted by atomic mass is 16.3. The van der Waals surface area contributed by atoms with Crippen molar-refractivity contribution < 1.29 is 63.3 Å². The first-order chi connectivity index (χ1) is 40.3. The molecule has 1 aromatic heterocycles. The number of nitrogens with zero attached hydrogens (tertiary/aromatic N) is 1. The molecule has 21 N–H and O–H groups in total. The van der Waals surface area contributed by atoms with Crippen LogP contribution in [0.2, 0.25) is 0 Å². The number of likely N-dealkylation sites (tertiary alicyclic amines) is 1. The lowest BCUT2D eigenvalue weighted by atomic mass is 10.0. The van der Waals surface area contributed by atoms with Crippen LogP contribution in [-0.4, -0.2) is 171 Å². The first-order valence-corrected chi connectivity index (χ1v) is 27.6. The number of benzene rings is 3. The molecule has 29 heteroatoms. The summed E-state index contributed by atoms with van der Waals surface area (Å²) in [4.78, 5) is 140. The molecule has 5 rings (SSSR count). The molecule has 0 spiro atoms. The van der Waals surface area contributed by atoms with Crippen molar-refractivity contribution >= 4 is 76.1 Å². The van der Waals surface area contributed by atoms with Gasteiger partial charge in [-0.15, -0.1) is 0 Å². The normalized spacial score (nSPS) is 16.6. The number of aromatic hydroxyl groups is 1. The molecule has 10 atom stereocenters. The number of aromatic nitrogens is 1. The van der Waals surface area contributed by atoms with Crippen molar-refractivity contribution in [1.29, 1.82) is 5.41 Å². The van der Waals surface area contributed by atoms with Gasteiger partial charge in [0, 0.05) is 56.5 Å². The van der Waals surface area contributed by atoms with E-state index in [9.17, 15) is 63.3 Å². The van der Waals surface area contributed by atoms with Gasteiger partial charge in [0.2, 0.25) is 47.3 Å². The van der Waals surface area contributed by atoms with E-state index in [0.717, 1.165) is 22.7 Å². The molecule has 85 heavy (non-hydrogen) atoms. The summed E-state index contributed by atoms with van der Waals surface area (Å²) in [6, 6.07) is 8.82. The fraction of sp³-hybridized carbons (Fsp3) is 0.446. The van der Waals surface area contributed by atoms with Gasteiger partial charge in [-0.3, -0.25) is 54.0 Å². The van der Waals surface area contributed by atoms with E-state index < -0.39 is 126 Å². The lowest BCUT2D eigenvalue weighted by Gasteiger charge is -2.29. The molecule has 0 saturated carbocycles. The van der Waals surface area contributed by atoms with Crippen LogP contribution in [0.1, 0.15) is 69.6 Å². The molecular formula is C56H78N16O13. The number of hydrogen-bond acceptors (Lipinski definition) is 15. The number of hydrogen-bond donors (Lipinski definition) is 18. The Morgan fingerprint density at radius 3 is 1.98 bits per heavy atom. The van der Waals surface area contributed by atoms with Crippen LogP contribution in [0.4, 0.5) is 4.79 Å². The van der Waals surface area contributed by atoms with Crippen molar-refractivity contribution in [2.75, 3.05) is 20.1 Å². The maximum Gasteiger partial charge on any atom is 0.334 e. The number of urea groups is 1. The number of aliphatic hydroxyl groups is 2. The van der Waals surface area contributed by atoms with Crippen molar-refractivity contribution in [1.82, 2.24) is 63.3 Å². The molecule has 29 nitrogen and oxygen atoms in total. The average molecular weight is 1180 g/mol. The summed E-state index contributed by atoms with van der Waals surface area (Å²) in [7, 11) is 1.54. The molecule has 1 aliphatic rings. The number of amides is 11. The number of guanidine groups is 1. The highest BCUT2D eigenvalue weighted by Crippen LogP contribution is 2.22. The van der Waals surface area contributed by atoms with Crippen LogP contribution in [0, 0.1) is 11.3 Å². The first kappa shape index (κ1) is 66.5. The molecule has 460 valence electrons. The van der Waals surface area contributed by atoms with E-state index in [4.69, 9.17) is 22.6 Å². The standard InChI is InChI=1S/C56H78N16O13/c1-29(2)21-41(49(79)64-39(15-10-20-62-55(60)61-4)48(78)65-40(47(59)77)24-33-27-63-38-14-9-8-13-36(33)38)68-56(85)71-70-51(81)42(23-31-11-6-5-7-12-31)67-53(83)46(30(3)73)69-50(80)43(26-45(58)76)66-52(82)44-25-35(75)28-72(44)54(84)37(57)22-32-16-18-34(74)19-17-32/h5-9,11-14,16-19,27,29-30,35,37,39-44,46,63,73-75H,10,15,20-26,28,57H2,1-4H3,(H2,58,76)(H2,59,77)(H,64,79)(H,65,78)(H,66,82)(H,67,83)(H,69,80)(H,70,81)(H3,60,61,62)(H2,68,71,85)/t30-,35-,37+,39+,40+,41+,42+,43+,44+,46+/m1/s1. The Balaban J connectivity index is 1.26. The number of hydrazine groups is 1. The summed E-state index contributed by atoms with van der Waals surface area (Å²) in [5.74, 6) is -8.77. The average Bonchev–Trinajstić information content (AvgIpc) is 3.33. The third kappa shape index (κ3) is 20.5. The summed E-state index contributed by atoms with van der Waals surface area (Å²) in [6.45, 7) is 4.58. The fourth-order valence-corrected chi connectivity index (χ4v) is 9.42. The van der Waals surface area contributed by atoms with Gasteiger partial charge in [0.25, 0.3) is 5.91 Å². The predicted octanol–water partition coefficient (Wildman–Crippen LogP) is -3.37. The molecule has 0 bridgehead atoms. The van der Waals surface area contributed by atoms with E-state index in [0.29, 0.717) is 16.7 Å². The molecule has 11 amide bonds. The van der Waals surface area contributed by atoms with Gasteiger partial charge in [0.15, 0.2) is 5.96 Å². The number of rotatable bonds is 29. The number of aromatic amines is 1. The Hall–Kier alpha value is -9.35. The zero-order valence-corrected chi connectivity index (χ0v) is 47.6. The van der Waals surface area contributed by atoms with E-state index in [1.54, 1.807) is 69.6 Å². The third-order valence-electron chi connectivity index (χ3n) is 13.8. The van der Waals surface area contributed by atoms with Crippen LogP contribution in [0.3, 0.4) is 0 Å². The van der Waals surface area contributed by atoms with Gasteiger partial charge < -0.3 is 84.9 Å². The van der Waals surface area contributed by atoms with Crippen LogP contribution in [0.15, 0.2) is 85.1 Å². The number of phenolic OH excluding ortho intramolecular Hbond substituents is 1. The topological polar surface area (TPSA) is 473 Å². The number of aliphatic hydroxyl groups excluding tert-OH is 2. The smallest absolute Gasteiger partial charge is 0.334 e. The zero-order chi connectivity index (χ0) is 62.5. The van der Waals surface area contributed by atoms with Gasteiger partial charge in [-0.05, 0) is 73.4 Å². The molecule has 0 radical (unpaired) electrons. The van der Waals surface area contributed by atoms with Crippen molar-refractivity contribution in [3.63, 3.8) is 0 Å². The molecular weight excluding hydrogens is 1100 g/mol. The van der Waals surface area contributed by atoms with Crippen molar-refractivity contribution in [3.05, 3.63) is 102 Å². The lowest BCUT2D eigenvalue weighted by Crippen LogP contribution is -2.62. The van der Waals surface area contributed by atoms with Crippen LogP contribution < -0.4 is 70.6 Å². The molecule has 1 aliphatic heterocycles. The van der Waals surface area contributed by atoms with Crippen LogP contribution in [-0.2, 0) is 62.4 Å². The summed E-state index contributed by atoms with van der Waals surface area (Å²) >= 11 is 0. The van der Waals surface area contributed by atoms with Gasteiger partial charge in [-0.25, -0.2) is 10.2 Å². The lowest BCUT2D eigenvalue weighted by molar-refractivity contribution is -0.141. The number of phenols is 1. The van der Waals surface area contributed by atoms with Crippen LogP contribution in [0.25, 0.3) is 10.9 Å². The highest BCUT2D eigenvalue weighted by Gasteiger charge is 2.42. The Morgan fingerprint density at radius 2 is 1.33 bits per heavy atom.